The van der Waals surface area contributed by atoms with Crippen molar-refractivity contribution in [2.45, 2.75) is 12.6 Å². The summed E-state index contributed by atoms with van der Waals surface area (Å²) < 4.78 is 40.2. The van der Waals surface area contributed by atoms with E-state index in [4.69, 9.17) is 5.26 Å². The number of hydrogen-bond donors (Lipinski definition) is 0. The van der Waals surface area contributed by atoms with Gasteiger partial charge in [0.25, 0.3) is 5.91 Å². The summed E-state index contributed by atoms with van der Waals surface area (Å²) in [4.78, 5) is 17.3. The van der Waals surface area contributed by atoms with Crippen LogP contribution >= 0.6 is 0 Å². The van der Waals surface area contributed by atoms with Crippen LogP contribution in [0.4, 0.5) is 13.2 Å². The Balaban J connectivity index is 2.59. The smallest absolute Gasteiger partial charge is 0.341 e. The number of carbonyl (C=O) groups is 1. The molecule has 0 saturated heterocycles. The first-order valence-corrected chi connectivity index (χ1v) is 6.43. The molecule has 0 N–H and O–H groups in total. The van der Waals surface area contributed by atoms with Crippen LogP contribution in [0.25, 0.3) is 10.9 Å². The van der Waals surface area contributed by atoms with Gasteiger partial charge in [0.1, 0.15) is 0 Å². The third kappa shape index (κ3) is 3.01. The molecule has 4 nitrogen and oxygen atoms in total. The van der Waals surface area contributed by atoms with Crippen molar-refractivity contribution in [3.05, 3.63) is 41.6 Å². The van der Waals surface area contributed by atoms with E-state index in [1.807, 2.05) is 6.07 Å². The Morgan fingerprint density at radius 2 is 2.05 bits per heavy atom. The highest BCUT2D eigenvalue weighted by molar-refractivity contribution is 6.00. The highest BCUT2D eigenvalue weighted by atomic mass is 19.4. The Bertz CT molecular complexity index is 750. The Morgan fingerprint density at radius 1 is 1.36 bits per heavy atom. The molecule has 1 aromatic heterocycles. The van der Waals surface area contributed by atoms with Crippen molar-refractivity contribution >= 4 is 16.8 Å². The third-order valence-electron chi connectivity index (χ3n) is 3.20. The fourth-order valence-electron chi connectivity index (χ4n) is 2.13. The fraction of sp³-hybridized carbons (Fsp3) is 0.267. The van der Waals surface area contributed by atoms with E-state index in [-0.39, 0.29) is 23.9 Å². The van der Waals surface area contributed by atoms with Gasteiger partial charge < -0.3 is 4.90 Å². The number of fused-ring (bicyclic) bond motifs is 1. The number of halogens is 3. The van der Waals surface area contributed by atoms with Crippen LogP contribution in [-0.4, -0.2) is 29.4 Å². The third-order valence-corrected chi connectivity index (χ3v) is 3.20. The molecule has 0 aliphatic heterocycles. The van der Waals surface area contributed by atoms with Crippen molar-refractivity contribution < 1.29 is 18.0 Å². The van der Waals surface area contributed by atoms with Crippen LogP contribution < -0.4 is 0 Å². The number of alkyl halides is 3. The number of aromatic nitrogens is 1. The molecule has 0 fully saturated rings. The summed E-state index contributed by atoms with van der Waals surface area (Å²) in [5.41, 5.74) is -1.33. The molecule has 114 valence electrons. The quantitative estimate of drug-likeness (QED) is 0.874. The van der Waals surface area contributed by atoms with E-state index in [1.54, 1.807) is 6.07 Å². The molecule has 0 atom stereocenters. The lowest BCUT2D eigenvalue weighted by atomic mass is 10.0. The average molecular weight is 307 g/mol. The van der Waals surface area contributed by atoms with Gasteiger partial charge in [-0.2, -0.15) is 18.4 Å². The number of benzene rings is 1. The molecule has 22 heavy (non-hydrogen) atoms. The molecule has 0 aliphatic rings. The first-order valence-electron chi connectivity index (χ1n) is 6.43. The summed E-state index contributed by atoms with van der Waals surface area (Å²) in [5, 5.41) is 8.40. The lowest BCUT2D eigenvalue weighted by molar-refractivity contribution is -0.136. The first kappa shape index (κ1) is 15.8. The number of amides is 1. The van der Waals surface area contributed by atoms with Gasteiger partial charge >= 0.3 is 6.18 Å². The zero-order chi connectivity index (χ0) is 16.3. The predicted octanol–water partition coefficient (Wildman–Crippen LogP) is 3.24. The molecule has 1 amide bonds. The molecule has 0 saturated carbocycles. The lowest BCUT2D eigenvalue weighted by Crippen LogP contribution is -2.30. The molecular formula is C15H12F3N3O. The maximum absolute atomic E-state index is 13.4. The standard InChI is InChI=1S/C15H12F3N3O/c1-21(8-4-7-19)14(22)11-9-20-12-6-3-2-5-10(12)13(11)15(16,17)18/h2-3,5-6,9H,4,8H2,1H3. The van der Waals surface area contributed by atoms with Crippen LogP contribution in [0.2, 0.25) is 0 Å². The summed E-state index contributed by atoms with van der Waals surface area (Å²) in [7, 11) is 1.36. The predicted molar refractivity (Wildman–Crippen MR) is 73.9 cm³/mol. The summed E-state index contributed by atoms with van der Waals surface area (Å²) in [6.45, 7) is 0.0550. The minimum Gasteiger partial charge on any atom is -0.341 e. The molecule has 0 unspecified atom stereocenters. The first-order chi connectivity index (χ1) is 10.4. The monoisotopic (exact) mass is 307 g/mol. The highest BCUT2D eigenvalue weighted by Crippen LogP contribution is 2.37. The molecule has 2 rings (SSSR count). The molecule has 0 aliphatic carbocycles. The Labute approximate surface area is 124 Å². The summed E-state index contributed by atoms with van der Waals surface area (Å²) >= 11 is 0. The zero-order valence-electron chi connectivity index (χ0n) is 11.7. The highest BCUT2D eigenvalue weighted by Gasteiger charge is 2.38. The van der Waals surface area contributed by atoms with Crippen molar-refractivity contribution in [3.8, 4) is 6.07 Å². The van der Waals surface area contributed by atoms with Gasteiger partial charge in [0.15, 0.2) is 0 Å². The van der Waals surface area contributed by atoms with Crippen molar-refractivity contribution in [1.29, 1.82) is 5.26 Å². The molecule has 1 aromatic carbocycles. The number of pyridine rings is 1. The van der Waals surface area contributed by atoms with Gasteiger partial charge in [-0.05, 0) is 6.07 Å². The largest absolute Gasteiger partial charge is 0.417 e. The van der Waals surface area contributed by atoms with E-state index in [9.17, 15) is 18.0 Å². The van der Waals surface area contributed by atoms with Gasteiger partial charge in [-0.3, -0.25) is 9.78 Å². The molecule has 2 aromatic rings. The van der Waals surface area contributed by atoms with E-state index < -0.39 is 23.2 Å². The van der Waals surface area contributed by atoms with Crippen LogP contribution in [0.1, 0.15) is 22.3 Å². The van der Waals surface area contributed by atoms with Crippen molar-refractivity contribution in [3.63, 3.8) is 0 Å². The number of nitrogens with zero attached hydrogens (tertiary/aromatic N) is 3. The summed E-state index contributed by atoms with van der Waals surface area (Å²) in [5.74, 6) is -0.805. The minimum absolute atomic E-state index is 0.0462. The van der Waals surface area contributed by atoms with E-state index in [2.05, 4.69) is 4.98 Å². The van der Waals surface area contributed by atoms with Crippen molar-refractivity contribution in [2.24, 2.45) is 0 Å². The van der Waals surface area contributed by atoms with Crippen LogP contribution in [0, 0.1) is 11.3 Å². The molecule has 0 bridgehead atoms. The average Bonchev–Trinajstić information content (AvgIpc) is 2.49. The lowest BCUT2D eigenvalue weighted by Gasteiger charge is -2.19. The van der Waals surface area contributed by atoms with E-state index in [0.717, 1.165) is 11.1 Å². The second-order valence-electron chi connectivity index (χ2n) is 4.70. The normalized spacial score (nSPS) is 11.2. The summed E-state index contributed by atoms with van der Waals surface area (Å²) in [6, 6.07) is 7.64. The van der Waals surface area contributed by atoms with Gasteiger partial charge in [-0.15, -0.1) is 0 Å². The van der Waals surface area contributed by atoms with Gasteiger partial charge in [0.05, 0.1) is 29.1 Å². The van der Waals surface area contributed by atoms with Crippen LogP contribution in [0.15, 0.2) is 30.5 Å². The number of nitriles is 1. The van der Waals surface area contributed by atoms with Gasteiger partial charge in [-0.1, -0.05) is 18.2 Å². The van der Waals surface area contributed by atoms with E-state index >= 15 is 0 Å². The molecular weight excluding hydrogens is 295 g/mol. The minimum atomic E-state index is -4.68. The number of carbonyl (C=O) groups excluding carboxylic acids is 1. The van der Waals surface area contributed by atoms with Gasteiger partial charge in [0, 0.05) is 25.2 Å². The SMILES string of the molecule is CN(CCC#N)C(=O)c1cnc2ccccc2c1C(F)(F)F. The zero-order valence-corrected chi connectivity index (χ0v) is 11.7. The van der Waals surface area contributed by atoms with E-state index in [1.165, 1.54) is 25.2 Å². The number of para-hydroxylation sites is 1. The second-order valence-corrected chi connectivity index (χ2v) is 4.70. The van der Waals surface area contributed by atoms with Crippen molar-refractivity contribution in [2.75, 3.05) is 13.6 Å². The molecule has 1 heterocycles. The maximum Gasteiger partial charge on any atom is 0.417 e. The van der Waals surface area contributed by atoms with Gasteiger partial charge in [0.2, 0.25) is 0 Å². The van der Waals surface area contributed by atoms with Crippen LogP contribution in [0.3, 0.4) is 0 Å². The van der Waals surface area contributed by atoms with Gasteiger partial charge in [-0.25, -0.2) is 0 Å². The van der Waals surface area contributed by atoms with Crippen LogP contribution in [-0.2, 0) is 6.18 Å². The van der Waals surface area contributed by atoms with E-state index in [0.29, 0.717) is 0 Å². The van der Waals surface area contributed by atoms with Crippen molar-refractivity contribution in [1.82, 2.24) is 9.88 Å². The Hall–Kier alpha value is -2.62. The molecule has 7 heteroatoms. The van der Waals surface area contributed by atoms with Crippen LogP contribution in [0.5, 0.6) is 0 Å². The number of hydrogen-bond acceptors (Lipinski definition) is 3. The molecule has 0 radical (unpaired) electrons. The fourth-order valence-corrected chi connectivity index (χ4v) is 2.13. The summed E-state index contributed by atoms with van der Waals surface area (Å²) in [6.07, 6.45) is -3.69. The number of rotatable bonds is 3. The molecule has 0 spiro atoms. The second kappa shape index (κ2) is 6.02. The Kier molecular flexibility index (Phi) is 4.31. The topological polar surface area (TPSA) is 57.0 Å². The maximum atomic E-state index is 13.4. The Morgan fingerprint density at radius 3 is 2.68 bits per heavy atom.